The monoisotopic (exact) mass is 315 g/mol. The van der Waals surface area contributed by atoms with Crippen LogP contribution >= 0.6 is 0 Å². The van der Waals surface area contributed by atoms with Crippen molar-refractivity contribution in [2.75, 3.05) is 20.3 Å². The molecule has 0 bridgehead atoms. The third-order valence-electron chi connectivity index (χ3n) is 2.59. The van der Waals surface area contributed by atoms with Crippen LogP contribution in [0.4, 0.5) is 13.6 Å². The minimum atomic E-state index is -0.688. The number of ether oxygens (including phenoxy) is 2. The summed E-state index contributed by atoms with van der Waals surface area (Å²) in [5.74, 6) is -1.03. The number of aliphatic imine (C=N–C) groups is 1. The third kappa shape index (κ3) is 5.28. The molecule has 0 aliphatic carbocycles. The zero-order valence-electron chi connectivity index (χ0n) is 12.7. The summed E-state index contributed by atoms with van der Waals surface area (Å²) in [6.07, 6.45) is -0.688. The van der Waals surface area contributed by atoms with Gasteiger partial charge in [0.1, 0.15) is 30.1 Å². The van der Waals surface area contributed by atoms with Crippen LogP contribution in [0, 0.1) is 11.6 Å². The van der Waals surface area contributed by atoms with Gasteiger partial charge in [0.25, 0.3) is 0 Å². The Bertz CT molecular complexity index is 518. The number of amides is 1. The van der Waals surface area contributed by atoms with E-state index in [0.29, 0.717) is 11.4 Å². The van der Waals surface area contributed by atoms with Gasteiger partial charge in [-0.05, 0) is 17.7 Å². The number of methoxy groups -OCH3 is 1. The number of hydrazine groups is 1. The lowest BCUT2D eigenvalue weighted by atomic mass is 10.1. The van der Waals surface area contributed by atoms with E-state index in [1.54, 1.807) is 0 Å². The Morgan fingerprint density at radius 1 is 1.32 bits per heavy atom. The molecule has 0 aromatic heterocycles. The molecule has 1 aromatic rings. The summed E-state index contributed by atoms with van der Waals surface area (Å²) < 4.78 is 36.0. The Labute approximate surface area is 127 Å². The van der Waals surface area contributed by atoms with E-state index in [1.165, 1.54) is 19.2 Å². The molecule has 0 fully saturated rings. The number of hydrogen-bond acceptors (Lipinski definition) is 5. The van der Waals surface area contributed by atoms with Crippen molar-refractivity contribution < 1.29 is 23.0 Å². The Kier molecular flexibility index (Phi) is 7.24. The number of halogens is 2. The van der Waals surface area contributed by atoms with Gasteiger partial charge in [-0.15, -0.1) is 0 Å². The second-order valence-corrected chi connectivity index (χ2v) is 4.05. The first-order chi connectivity index (χ1) is 10.6. The zero-order valence-corrected chi connectivity index (χ0v) is 12.7. The molecule has 0 radical (unpaired) electrons. The van der Waals surface area contributed by atoms with Gasteiger partial charge in [-0.25, -0.2) is 19.0 Å². The number of hydrogen-bond donors (Lipinski definition) is 2. The second kappa shape index (κ2) is 8.93. The Balaban J connectivity index is 0.00000116. The molecule has 1 amide bonds. The van der Waals surface area contributed by atoms with E-state index in [1.807, 2.05) is 13.8 Å². The molecule has 2 N–H and O–H groups in total. The first-order valence-electron chi connectivity index (χ1n) is 6.79. The molecule has 1 unspecified atom stereocenters. The first-order valence-corrected chi connectivity index (χ1v) is 6.79. The molecular formula is C14H19F2N3O3. The maximum absolute atomic E-state index is 13.2. The highest BCUT2D eigenvalue weighted by Gasteiger charge is 2.19. The number of carbonyl (C=O) groups is 1. The Morgan fingerprint density at radius 3 is 2.55 bits per heavy atom. The van der Waals surface area contributed by atoms with Crippen LogP contribution in [0.3, 0.4) is 0 Å². The molecule has 8 heteroatoms. The summed E-state index contributed by atoms with van der Waals surface area (Å²) in [4.78, 5) is 15.1. The van der Waals surface area contributed by atoms with Crippen molar-refractivity contribution >= 4 is 11.9 Å². The highest BCUT2D eigenvalue weighted by molar-refractivity contribution is 5.85. The van der Waals surface area contributed by atoms with Crippen LogP contribution in [0.15, 0.2) is 23.2 Å². The van der Waals surface area contributed by atoms with Crippen LogP contribution in [0.25, 0.3) is 0 Å². The van der Waals surface area contributed by atoms with Crippen LogP contribution in [0.5, 0.6) is 0 Å². The maximum Gasteiger partial charge on any atom is 0.425 e. The topological polar surface area (TPSA) is 72.0 Å². The summed E-state index contributed by atoms with van der Waals surface area (Å²) in [5, 5.41) is 0. The van der Waals surface area contributed by atoms with Crippen molar-refractivity contribution in [1.82, 2.24) is 10.9 Å². The number of amidine groups is 1. The van der Waals surface area contributed by atoms with Gasteiger partial charge < -0.3 is 9.47 Å². The van der Waals surface area contributed by atoms with E-state index >= 15 is 0 Å². The lowest BCUT2D eigenvalue weighted by molar-refractivity contribution is 0.139. The molecular weight excluding hydrogens is 296 g/mol. The van der Waals surface area contributed by atoms with E-state index in [-0.39, 0.29) is 13.2 Å². The molecule has 0 saturated carbocycles. The van der Waals surface area contributed by atoms with Crippen molar-refractivity contribution in [3.63, 3.8) is 0 Å². The molecule has 122 valence electrons. The fourth-order valence-electron chi connectivity index (χ4n) is 1.71. The van der Waals surface area contributed by atoms with E-state index in [9.17, 15) is 13.6 Å². The van der Waals surface area contributed by atoms with Gasteiger partial charge in [0.15, 0.2) is 0 Å². The Morgan fingerprint density at radius 2 is 1.95 bits per heavy atom. The number of rotatable bonds is 1. The van der Waals surface area contributed by atoms with Gasteiger partial charge in [0.2, 0.25) is 0 Å². The van der Waals surface area contributed by atoms with Crippen molar-refractivity contribution in [2.45, 2.75) is 19.9 Å². The highest BCUT2D eigenvalue weighted by Crippen LogP contribution is 2.22. The van der Waals surface area contributed by atoms with Crippen molar-refractivity contribution in [2.24, 2.45) is 4.99 Å². The normalized spacial score (nSPS) is 16.8. The van der Waals surface area contributed by atoms with Crippen molar-refractivity contribution in [1.29, 1.82) is 0 Å². The lowest BCUT2D eigenvalue weighted by Crippen LogP contribution is -2.45. The summed E-state index contributed by atoms with van der Waals surface area (Å²) in [6, 6.07) is 2.62. The molecule has 1 atom stereocenters. The van der Waals surface area contributed by atoms with E-state index in [0.717, 1.165) is 6.07 Å². The third-order valence-corrected chi connectivity index (χ3v) is 2.59. The largest absolute Gasteiger partial charge is 0.452 e. The summed E-state index contributed by atoms with van der Waals surface area (Å²) in [7, 11) is 1.22. The van der Waals surface area contributed by atoms with E-state index < -0.39 is 23.8 Å². The fourth-order valence-corrected chi connectivity index (χ4v) is 1.71. The zero-order chi connectivity index (χ0) is 16.5. The second-order valence-electron chi connectivity index (χ2n) is 4.05. The average Bonchev–Trinajstić information content (AvgIpc) is 2.54. The predicted molar refractivity (Wildman–Crippen MR) is 77.4 cm³/mol. The molecule has 1 aliphatic rings. The predicted octanol–water partition coefficient (Wildman–Crippen LogP) is 2.32. The quantitative estimate of drug-likeness (QED) is 0.780. The maximum atomic E-state index is 13.2. The molecule has 1 aliphatic heterocycles. The molecule has 0 saturated heterocycles. The van der Waals surface area contributed by atoms with Crippen LogP contribution in [-0.2, 0) is 9.47 Å². The minimum Gasteiger partial charge on any atom is -0.452 e. The molecule has 2 rings (SSSR count). The van der Waals surface area contributed by atoms with Gasteiger partial charge in [0.05, 0.1) is 13.7 Å². The lowest BCUT2D eigenvalue weighted by Gasteiger charge is -2.22. The first kappa shape index (κ1) is 17.8. The standard InChI is InChI=1S/C12H13F2N3O3.C2H6/c1-19-12(18)17-16-11-6-20-5-10(15-11)7-2-8(13)4-9(14)3-7;1-2/h2-4,10H,5-6H2,1H3,(H,15,16)(H,17,18);1-2H3. The minimum absolute atomic E-state index is 0.151. The SMILES string of the molecule is CC.COC(=O)NNC1=NC(c2cc(F)cc(F)c2)COC1. The highest BCUT2D eigenvalue weighted by atomic mass is 19.1. The van der Waals surface area contributed by atoms with Crippen LogP contribution in [0.1, 0.15) is 25.5 Å². The summed E-state index contributed by atoms with van der Waals surface area (Å²) in [5.41, 5.74) is 5.10. The number of carbonyl (C=O) groups excluding carboxylic acids is 1. The van der Waals surface area contributed by atoms with E-state index in [4.69, 9.17) is 4.74 Å². The summed E-state index contributed by atoms with van der Waals surface area (Å²) in [6.45, 7) is 4.35. The van der Waals surface area contributed by atoms with Crippen molar-refractivity contribution in [3.05, 3.63) is 35.4 Å². The molecule has 1 aromatic carbocycles. The van der Waals surface area contributed by atoms with Gasteiger partial charge in [-0.1, -0.05) is 13.8 Å². The fraction of sp³-hybridized carbons (Fsp3) is 0.429. The van der Waals surface area contributed by atoms with Crippen LogP contribution in [-0.4, -0.2) is 32.3 Å². The average molecular weight is 315 g/mol. The molecule has 0 spiro atoms. The number of benzene rings is 1. The van der Waals surface area contributed by atoms with Gasteiger partial charge in [-0.2, -0.15) is 0 Å². The molecule has 6 nitrogen and oxygen atoms in total. The number of nitrogens with one attached hydrogen (secondary N) is 2. The van der Waals surface area contributed by atoms with Gasteiger partial charge >= 0.3 is 6.09 Å². The summed E-state index contributed by atoms with van der Waals surface area (Å²) >= 11 is 0. The molecule has 22 heavy (non-hydrogen) atoms. The van der Waals surface area contributed by atoms with E-state index in [2.05, 4.69) is 20.6 Å². The smallest absolute Gasteiger partial charge is 0.425 e. The molecule has 1 heterocycles. The van der Waals surface area contributed by atoms with Crippen molar-refractivity contribution in [3.8, 4) is 0 Å². The number of nitrogens with zero attached hydrogens (tertiary/aromatic N) is 1. The Hall–Kier alpha value is -2.22. The van der Waals surface area contributed by atoms with Crippen LogP contribution < -0.4 is 10.9 Å². The van der Waals surface area contributed by atoms with Gasteiger partial charge in [0, 0.05) is 6.07 Å². The van der Waals surface area contributed by atoms with Crippen LogP contribution in [0.2, 0.25) is 0 Å². The van der Waals surface area contributed by atoms with Gasteiger partial charge in [-0.3, -0.25) is 10.4 Å².